The quantitative estimate of drug-likeness (QED) is 0.329. The summed E-state index contributed by atoms with van der Waals surface area (Å²) in [6.07, 6.45) is 4.01. The van der Waals surface area contributed by atoms with Crippen molar-refractivity contribution in [3.05, 3.63) is 16.1 Å². The molecule has 0 spiro atoms. The number of hydrogen-bond acceptors (Lipinski definition) is 5. The average Bonchev–Trinajstić information content (AvgIpc) is 3.08. The summed E-state index contributed by atoms with van der Waals surface area (Å²) in [4.78, 5) is 15.1. The number of aromatic nitrogens is 1. The molecule has 1 fully saturated rings. The number of hydrogen-bond donors (Lipinski definition) is 2. The summed E-state index contributed by atoms with van der Waals surface area (Å²) in [6.45, 7) is 12.2. The minimum atomic E-state index is 0. The van der Waals surface area contributed by atoms with E-state index in [0.717, 1.165) is 38.4 Å². The SMILES string of the molecule is CCc1cnc(CCNC(=NC)NCC(C)CN2CCN(C)CC2)s1.I. The second-order valence-corrected chi connectivity index (χ2v) is 8.11. The van der Waals surface area contributed by atoms with Gasteiger partial charge < -0.3 is 20.4 Å². The maximum absolute atomic E-state index is 4.46. The molecule has 1 aliphatic rings. The Morgan fingerprint density at radius 3 is 2.65 bits per heavy atom. The zero-order valence-corrected chi connectivity index (χ0v) is 19.8. The first-order valence-corrected chi connectivity index (χ1v) is 10.2. The lowest BCUT2D eigenvalue weighted by molar-refractivity contribution is 0.139. The number of rotatable bonds is 8. The van der Waals surface area contributed by atoms with Gasteiger partial charge in [0.1, 0.15) is 0 Å². The molecule has 1 aromatic heterocycles. The van der Waals surface area contributed by atoms with Crippen molar-refractivity contribution in [2.75, 3.05) is 59.9 Å². The van der Waals surface area contributed by atoms with Gasteiger partial charge in [-0.05, 0) is 19.4 Å². The van der Waals surface area contributed by atoms with Crippen molar-refractivity contribution in [2.45, 2.75) is 26.7 Å². The third kappa shape index (κ3) is 8.49. The third-order valence-corrected chi connectivity index (χ3v) is 5.79. The molecule has 1 unspecified atom stereocenters. The highest BCUT2D eigenvalue weighted by molar-refractivity contribution is 14.0. The number of aliphatic imine (C=N–C) groups is 1. The molecule has 8 heteroatoms. The van der Waals surface area contributed by atoms with Crippen molar-refractivity contribution < 1.29 is 0 Å². The first kappa shape index (κ1) is 23.6. The van der Waals surface area contributed by atoms with Gasteiger partial charge in [-0.1, -0.05) is 13.8 Å². The Hall–Kier alpha value is -0.450. The molecule has 0 aliphatic carbocycles. The van der Waals surface area contributed by atoms with Gasteiger partial charge in [0.05, 0.1) is 5.01 Å². The molecule has 0 amide bonds. The van der Waals surface area contributed by atoms with Crippen molar-refractivity contribution in [1.29, 1.82) is 0 Å². The van der Waals surface area contributed by atoms with Crippen LogP contribution >= 0.6 is 35.3 Å². The van der Waals surface area contributed by atoms with E-state index < -0.39 is 0 Å². The summed E-state index contributed by atoms with van der Waals surface area (Å²) in [5.41, 5.74) is 0. The molecule has 0 aromatic carbocycles. The van der Waals surface area contributed by atoms with Crippen LogP contribution in [0.4, 0.5) is 0 Å². The van der Waals surface area contributed by atoms with Gasteiger partial charge in [0.15, 0.2) is 5.96 Å². The second kappa shape index (κ2) is 12.9. The van der Waals surface area contributed by atoms with E-state index in [-0.39, 0.29) is 24.0 Å². The minimum absolute atomic E-state index is 0. The predicted octanol–water partition coefficient (Wildman–Crippen LogP) is 1.91. The zero-order chi connectivity index (χ0) is 18.1. The summed E-state index contributed by atoms with van der Waals surface area (Å²) in [6, 6.07) is 0. The maximum atomic E-state index is 4.46. The smallest absolute Gasteiger partial charge is 0.190 e. The van der Waals surface area contributed by atoms with Gasteiger partial charge in [-0.2, -0.15) is 0 Å². The molecule has 0 bridgehead atoms. The monoisotopic (exact) mass is 494 g/mol. The van der Waals surface area contributed by atoms with E-state index in [1.54, 1.807) is 0 Å². The van der Waals surface area contributed by atoms with Crippen LogP contribution in [0, 0.1) is 5.92 Å². The van der Waals surface area contributed by atoms with E-state index in [2.05, 4.69) is 51.3 Å². The van der Waals surface area contributed by atoms with E-state index in [4.69, 9.17) is 0 Å². The fourth-order valence-corrected chi connectivity index (χ4v) is 3.80. The summed E-state index contributed by atoms with van der Waals surface area (Å²) >= 11 is 1.81. The van der Waals surface area contributed by atoms with Crippen LogP contribution in [0.2, 0.25) is 0 Å². The van der Waals surface area contributed by atoms with Crippen LogP contribution in [0.5, 0.6) is 0 Å². The maximum Gasteiger partial charge on any atom is 0.190 e. The molecular weight excluding hydrogens is 459 g/mol. The lowest BCUT2D eigenvalue weighted by Crippen LogP contribution is -2.47. The molecule has 2 heterocycles. The van der Waals surface area contributed by atoms with Crippen molar-refractivity contribution in [3.63, 3.8) is 0 Å². The van der Waals surface area contributed by atoms with E-state index >= 15 is 0 Å². The number of piperazine rings is 1. The number of thiazole rings is 1. The normalized spacial score (nSPS) is 17.6. The molecule has 1 aromatic rings. The molecule has 0 saturated carbocycles. The second-order valence-electron chi connectivity index (χ2n) is 6.91. The van der Waals surface area contributed by atoms with Crippen LogP contribution in [0.3, 0.4) is 0 Å². The Labute approximate surface area is 179 Å². The summed E-state index contributed by atoms with van der Waals surface area (Å²) < 4.78 is 0. The molecule has 0 radical (unpaired) electrons. The van der Waals surface area contributed by atoms with Crippen LogP contribution in [0.1, 0.15) is 23.7 Å². The predicted molar refractivity (Wildman–Crippen MR) is 123 cm³/mol. The van der Waals surface area contributed by atoms with Crippen LogP contribution < -0.4 is 10.6 Å². The number of nitrogens with one attached hydrogen (secondary N) is 2. The number of likely N-dealkylation sites (N-methyl/N-ethyl adjacent to an activating group) is 1. The molecule has 1 aliphatic heterocycles. The van der Waals surface area contributed by atoms with Gasteiger partial charge in [0.25, 0.3) is 0 Å². The van der Waals surface area contributed by atoms with E-state index in [1.165, 1.54) is 36.1 Å². The highest BCUT2D eigenvalue weighted by Crippen LogP contribution is 2.13. The standard InChI is InChI=1S/C18H34N6S.HI/c1-5-16-13-21-17(25-16)6-7-20-18(19-3)22-12-15(2)14-24-10-8-23(4)9-11-24;/h13,15H,5-12,14H2,1-4H3,(H2,19,20,22);1H. The number of guanidine groups is 1. The van der Waals surface area contributed by atoms with Crippen LogP contribution in [0.25, 0.3) is 0 Å². The number of aryl methyl sites for hydroxylation is 1. The van der Waals surface area contributed by atoms with Crippen LogP contribution in [-0.2, 0) is 12.8 Å². The Morgan fingerprint density at radius 1 is 1.31 bits per heavy atom. The average molecular weight is 494 g/mol. The molecule has 2 rings (SSSR count). The highest BCUT2D eigenvalue weighted by atomic mass is 127. The molecule has 6 nitrogen and oxygen atoms in total. The van der Waals surface area contributed by atoms with Crippen molar-refractivity contribution in [1.82, 2.24) is 25.4 Å². The highest BCUT2D eigenvalue weighted by Gasteiger charge is 2.16. The Kier molecular flexibility index (Phi) is 11.7. The Balaban J connectivity index is 0.00000338. The van der Waals surface area contributed by atoms with Gasteiger partial charge in [-0.25, -0.2) is 4.98 Å². The lowest BCUT2D eigenvalue weighted by atomic mass is 10.1. The first-order valence-electron chi connectivity index (χ1n) is 9.39. The zero-order valence-electron chi connectivity index (χ0n) is 16.6. The van der Waals surface area contributed by atoms with Gasteiger partial charge in [0.2, 0.25) is 0 Å². The topological polar surface area (TPSA) is 55.8 Å². The minimum Gasteiger partial charge on any atom is -0.356 e. The fraction of sp³-hybridized carbons (Fsp3) is 0.778. The molecular formula is C18H35IN6S. The van der Waals surface area contributed by atoms with Gasteiger partial charge in [-0.3, -0.25) is 4.99 Å². The third-order valence-electron chi connectivity index (χ3n) is 4.59. The molecule has 150 valence electrons. The molecule has 1 atom stereocenters. The van der Waals surface area contributed by atoms with E-state index in [1.807, 2.05) is 24.6 Å². The van der Waals surface area contributed by atoms with E-state index in [9.17, 15) is 0 Å². The van der Waals surface area contributed by atoms with E-state index in [0.29, 0.717) is 5.92 Å². The Morgan fingerprint density at radius 2 is 2.04 bits per heavy atom. The van der Waals surface area contributed by atoms with Crippen LogP contribution in [0.15, 0.2) is 11.2 Å². The largest absolute Gasteiger partial charge is 0.356 e. The number of halogens is 1. The first-order chi connectivity index (χ1) is 12.1. The van der Waals surface area contributed by atoms with Gasteiger partial charge in [-0.15, -0.1) is 35.3 Å². The fourth-order valence-electron chi connectivity index (χ4n) is 2.94. The van der Waals surface area contributed by atoms with Crippen LogP contribution in [-0.4, -0.2) is 80.7 Å². The summed E-state index contributed by atoms with van der Waals surface area (Å²) in [7, 11) is 4.03. The van der Waals surface area contributed by atoms with Gasteiger partial charge in [0, 0.05) is 70.4 Å². The summed E-state index contributed by atoms with van der Waals surface area (Å²) in [5.74, 6) is 1.49. The lowest BCUT2D eigenvalue weighted by Gasteiger charge is -2.34. The van der Waals surface area contributed by atoms with Crippen molar-refractivity contribution >= 4 is 41.3 Å². The van der Waals surface area contributed by atoms with Gasteiger partial charge >= 0.3 is 0 Å². The summed E-state index contributed by atoms with van der Waals surface area (Å²) in [5, 5.41) is 8.05. The van der Waals surface area contributed by atoms with Crippen molar-refractivity contribution in [2.24, 2.45) is 10.9 Å². The molecule has 1 saturated heterocycles. The number of nitrogens with zero attached hydrogens (tertiary/aromatic N) is 4. The molecule has 2 N–H and O–H groups in total. The Bertz CT molecular complexity index is 528. The molecule has 26 heavy (non-hydrogen) atoms. The van der Waals surface area contributed by atoms with Crippen molar-refractivity contribution in [3.8, 4) is 0 Å².